The fourth-order valence-corrected chi connectivity index (χ4v) is 3.93. The topological polar surface area (TPSA) is 61.8 Å². The first-order chi connectivity index (χ1) is 13.2. The third kappa shape index (κ3) is 4.32. The molecule has 2 aromatic rings. The Hall–Kier alpha value is -1.94. The molecule has 0 bridgehead atoms. The van der Waals surface area contributed by atoms with Crippen LogP contribution in [0.4, 0.5) is 11.6 Å². The van der Waals surface area contributed by atoms with Crippen LogP contribution >= 0.6 is 22.6 Å². The molecule has 2 aliphatic heterocycles. The Morgan fingerprint density at radius 3 is 2.11 bits per heavy atom. The molecule has 1 aromatic carbocycles. The van der Waals surface area contributed by atoms with Crippen LogP contribution in [-0.2, 0) is 4.74 Å². The monoisotopic (exact) mass is 479 g/mol. The van der Waals surface area contributed by atoms with Crippen molar-refractivity contribution in [2.75, 3.05) is 62.3 Å². The van der Waals surface area contributed by atoms with E-state index in [1.165, 1.54) is 0 Å². The van der Waals surface area contributed by atoms with E-state index in [1.54, 1.807) is 0 Å². The van der Waals surface area contributed by atoms with Crippen molar-refractivity contribution in [3.05, 3.63) is 45.5 Å². The van der Waals surface area contributed by atoms with Crippen molar-refractivity contribution >= 4 is 40.1 Å². The van der Waals surface area contributed by atoms with Gasteiger partial charge in [-0.1, -0.05) is 6.07 Å². The van der Waals surface area contributed by atoms with E-state index < -0.39 is 0 Å². The second-order valence-corrected chi connectivity index (χ2v) is 7.88. The van der Waals surface area contributed by atoms with E-state index >= 15 is 0 Å². The van der Waals surface area contributed by atoms with Gasteiger partial charge in [0.1, 0.15) is 0 Å². The summed E-state index contributed by atoms with van der Waals surface area (Å²) < 4.78 is 6.45. The highest BCUT2D eigenvalue weighted by atomic mass is 127. The number of hydrogen-bond donors (Lipinski definition) is 0. The van der Waals surface area contributed by atoms with E-state index in [-0.39, 0.29) is 5.91 Å². The van der Waals surface area contributed by atoms with Crippen molar-refractivity contribution in [3.63, 3.8) is 0 Å². The Labute approximate surface area is 172 Å². The van der Waals surface area contributed by atoms with E-state index in [4.69, 9.17) is 4.74 Å². The molecule has 0 N–H and O–H groups in total. The minimum Gasteiger partial charge on any atom is -0.378 e. The maximum absolute atomic E-state index is 12.7. The summed E-state index contributed by atoms with van der Waals surface area (Å²) in [7, 11) is 0. The molecule has 27 heavy (non-hydrogen) atoms. The number of nitrogens with zero attached hydrogens (tertiary/aromatic N) is 5. The van der Waals surface area contributed by atoms with Crippen LogP contribution in [0.3, 0.4) is 0 Å². The molecule has 0 radical (unpaired) electrons. The minimum atomic E-state index is 0.0990. The number of carbonyl (C=O) groups excluding carboxylic acids is 1. The Kier molecular flexibility index (Phi) is 5.72. The van der Waals surface area contributed by atoms with Crippen LogP contribution in [0, 0.1) is 3.57 Å². The van der Waals surface area contributed by atoms with Crippen molar-refractivity contribution in [1.82, 2.24) is 15.1 Å². The molecule has 0 saturated carbocycles. The van der Waals surface area contributed by atoms with E-state index in [0.29, 0.717) is 13.1 Å². The van der Waals surface area contributed by atoms with Gasteiger partial charge in [0.25, 0.3) is 5.91 Å². The fraction of sp³-hybridized carbons (Fsp3) is 0.421. The van der Waals surface area contributed by atoms with Gasteiger partial charge in [-0.15, -0.1) is 10.2 Å². The maximum Gasteiger partial charge on any atom is 0.254 e. The van der Waals surface area contributed by atoms with Gasteiger partial charge in [-0.05, 0) is 52.9 Å². The number of rotatable bonds is 3. The summed E-state index contributed by atoms with van der Waals surface area (Å²) in [6.45, 7) is 6.09. The molecular weight excluding hydrogens is 457 g/mol. The summed E-state index contributed by atoms with van der Waals surface area (Å²) in [5.74, 6) is 1.87. The van der Waals surface area contributed by atoms with Crippen molar-refractivity contribution in [2.45, 2.75) is 0 Å². The molecule has 0 unspecified atom stereocenters. The number of ether oxygens (including phenoxy) is 1. The molecule has 7 nitrogen and oxygen atoms in total. The molecule has 1 aromatic heterocycles. The highest BCUT2D eigenvalue weighted by Gasteiger charge is 2.23. The first-order valence-corrected chi connectivity index (χ1v) is 10.2. The van der Waals surface area contributed by atoms with E-state index in [1.807, 2.05) is 41.3 Å². The lowest BCUT2D eigenvalue weighted by atomic mass is 10.2. The van der Waals surface area contributed by atoms with Gasteiger partial charge in [0.2, 0.25) is 0 Å². The lowest BCUT2D eigenvalue weighted by Crippen LogP contribution is -2.49. The second kappa shape index (κ2) is 8.39. The maximum atomic E-state index is 12.7. The van der Waals surface area contributed by atoms with Crippen LogP contribution < -0.4 is 9.80 Å². The number of carbonyl (C=O) groups is 1. The molecule has 1 amide bonds. The molecule has 2 saturated heterocycles. The highest BCUT2D eigenvalue weighted by molar-refractivity contribution is 14.1. The summed E-state index contributed by atoms with van der Waals surface area (Å²) >= 11 is 2.23. The smallest absolute Gasteiger partial charge is 0.254 e. The van der Waals surface area contributed by atoms with E-state index in [0.717, 1.165) is 60.2 Å². The number of hydrogen-bond acceptors (Lipinski definition) is 6. The normalized spacial score (nSPS) is 17.9. The van der Waals surface area contributed by atoms with Crippen LogP contribution in [-0.4, -0.2) is 73.5 Å². The lowest BCUT2D eigenvalue weighted by Gasteiger charge is -2.35. The van der Waals surface area contributed by atoms with Crippen LogP contribution in [0.25, 0.3) is 0 Å². The predicted molar refractivity (Wildman–Crippen MR) is 112 cm³/mol. The molecule has 0 aliphatic carbocycles. The Morgan fingerprint density at radius 2 is 1.52 bits per heavy atom. The molecule has 0 atom stereocenters. The molecule has 142 valence electrons. The number of piperazine rings is 1. The molecule has 4 rings (SSSR count). The van der Waals surface area contributed by atoms with E-state index in [9.17, 15) is 4.79 Å². The second-order valence-electron chi connectivity index (χ2n) is 6.64. The predicted octanol–water partition coefficient (Wildman–Crippen LogP) is 1.88. The van der Waals surface area contributed by atoms with Crippen LogP contribution in [0.2, 0.25) is 0 Å². The summed E-state index contributed by atoms with van der Waals surface area (Å²) in [6, 6.07) is 11.8. The van der Waals surface area contributed by atoms with Crippen molar-refractivity contribution in [2.24, 2.45) is 0 Å². The zero-order chi connectivity index (χ0) is 18.6. The van der Waals surface area contributed by atoms with Crippen molar-refractivity contribution < 1.29 is 9.53 Å². The van der Waals surface area contributed by atoms with Crippen LogP contribution in [0.5, 0.6) is 0 Å². The van der Waals surface area contributed by atoms with Crippen molar-refractivity contribution in [1.29, 1.82) is 0 Å². The molecule has 8 heteroatoms. The first-order valence-electron chi connectivity index (χ1n) is 9.17. The fourth-order valence-electron chi connectivity index (χ4n) is 3.39. The van der Waals surface area contributed by atoms with Gasteiger partial charge in [0.15, 0.2) is 11.6 Å². The largest absolute Gasteiger partial charge is 0.378 e. The van der Waals surface area contributed by atoms with Gasteiger partial charge in [0.05, 0.1) is 13.2 Å². The zero-order valence-electron chi connectivity index (χ0n) is 15.1. The third-order valence-corrected chi connectivity index (χ3v) is 5.60. The first kappa shape index (κ1) is 18.4. The van der Waals surface area contributed by atoms with Gasteiger partial charge >= 0.3 is 0 Å². The summed E-state index contributed by atoms with van der Waals surface area (Å²) in [6.07, 6.45) is 0. The standard InChI is InChI=1S/C19H22IN5O2/c20-16-3-1-2-15(14-16)19(26)25-8-6-23(7-9-25)17-4-5-18(22-21-17)24-10-12-27-13-11-24/h1-5,14H,6-13H2. The van der Waals surface area contributed by atoms with Gasteiger partial charge in [-0.3, -0.25) is 4.79 Å². The number of morpholine rings is 1. The SMILES string of the molecule is O=C(c1cccc(I)c1)N1CCN(c2ccc(N3CCOCC3)nn2)CC1. The molecule has 2 aliphatic rings. The summed E-state index contributed by atoms with van der Waals surface area (Å²) in [4.78, 5) is 19.0. The highest BCUT2D eigenvalue weighted by Crippen LogP contribution is 2.18. The van der Waals surface area contributed by atoms with Gasteiger partial charge < -0.3 is 19.4 Å². The quantitative estimate of drug-likeness (QED) is 0.627. The number of benzene rings is 1. The summed E-state index contributed by atoms with van der Waals surface area (Å²) in [5.41, 5.74) is 0.755. The van der Waals surface area contributed by atoms with Crippen LogP contribution in [0.1, 0.15) is 10.4 Å². The number of halogens is 1. The molecule has 0 spiro atoms. The zero-order valence-corrected chi connectivity index (χ0v) is 17.2. The minimum absolute atomic E-state index is 0.0990. The Balaban J connectivity index is 1.35. The summed E-state index contributed by atoms with van der Waals surface area (Å²) in [5, 5.41) is 8.79. The van der Waals surface area contributed by atoms with Gasteiger partial charge in [0, 0.05) is 48.4 Å². The van der Waals surface area contributed by atoms with Gasteiger partial charge in [-0.2, -0.15) is 0 Å². The Morgan fingerprint density at radius 1 is 0.889 bits per heavy atom. The van der Waals surface area contributed by atoms with Crippen molar-refractivity contribution in [3.8, 4) is 0 Å². The number of aromatic nitrogens is 2. The van der Waals surface area contributed by atoms with E-state index in [2.05, 4.69) is 42.6 Å². The van der Waals surface area contributed by atoms with Gasteiger partial charge in [-0.25, -0.2) is 0 Å². The number of anilines is 2. The molecule has 3 heterocycles. The lowest BCUT2D eigenvalue weighted by molar-refractivity contribution is 0.0746. The molecular formula is C19H22IN5O2. The average Bonchev–Trinajstić information content (AvgIpc) is 2.74. The number of amides is 1. The van der Waals surface area contributed by atoms with Crippen LogP contribution in [0.15, 0.2) is 36.4 Å². The average molecular weight is 479 g/mol. The third-order valence-electron chi connectivity index (χ3n) is 4.93. The Bertz CT molecular complexity index is 787. The molecule has 2 fully saturated rings.